The van der Waals surface area contributed by atoms with Gasteiger partial charge in [-0.15, -0.1) is 0 Å². The predicted molar refractivity (Wildman–Crippen MR) is 142 cm³/mol. The largest absolute Gasteiger partial charge is 0.0987 e. The van der Waals surface area contributed by atoms with Crippen LogP contribution in [0.4, 0.5) is 0 Å². The molecule has 1 rings (SSSR count). The van der Waals surface area contributed by atoms with Crippen LogP contribution >= 0.6 is 0 Å². The third-order valence-corrected chi connectivity index (χ3v) is 5.29. The van der Waals surface area contributed by atoms with Crippen molar-refractivity contribution in [2.75, 3.05) is 0 Å². The lowest BCUT2D eigenvalue weighted by Crippen LogP contribution is -2.27. The Morgan fingerprint density at radius 1 is 0.742 bits per heavy atom. The van der Waals surface area contributed by atoms with Crippen LogP contribution in [-0.4, -0.2) is 0 Å². The van der Waals surface area contributed by atoms with Crippen molar-refractivity contribution in [3.8, 4) is 0 Å². The summed E-state index contributed by atoms with van der Waals surface area (Å²) in [6.07, 6.45) is 25.1. The summed E-state index contributed by atoms with van der Waals surface area (Å²) in [5, 5.41) is 0. The molecule has 0 saturated heterocycles. The summed E-state index contributed by atoms with van der Waals surface area (Å²) in [6.45, 7) is 29.1. The monoisotopic (exact) mass is 410 g/mol. The van der Waals surface area contributed by atoms with Crippen molar-refractivity contribution in [1.82, 2.24) is 0 Å². The second kappa shape index (κ2) is 11.9. The molecule has 0 unspecified atom stereocenters. The zero-order valence-corrected chi connectivity index (χ0v) is 20.3. The first kappa shape index (κ1) is 25.9. The predicted octanol–water partition coefficient (Wildman–Crippen LogP) is 9.26. The van der Waals surface area contributed by atoms with E-state index >= 15 is 0 Å². The van der Waals surface area contributed by atoms with Gasteiger partial charge in [0.25, 0.3) is 0 Å². The minimum Gasteiger partial charge on any atom is -0.0987 e. The van der Waals surface area contributed by atoms with Crippen LogP contribution in [0.25, 0.3) is 0 Å². The Bertz CT molecular complexity index is 941. The summed E-state index contributed by atoms with van der Waals surface area (Å²) >= 11 is 0. The van der Waals surface area contributed by atoms with E-state index in [4.69, 9.17) is 0 Å². The van der Waals surface area contributed by atoms with Crippen molar-refractivity contribution in [2.24, 2.45) is 5.41 Å². The first-order chi connectivity index (χ1) is 14.8. The molecule has 0 saturated carbocycles. The topological polar surface area (TPSA) is 0 Å². The molecule has 162 valence electrons. The van der Waals surface area contributed by atoms with Crippen LogP contribution in [0.3, 0.4) is 0 Å². The van der Waals surface area contributed by atoms with Gasteiger partial charge in [0.1, 0.15) is 0 Å². The molecular formula is C31H38. The SMILES string of the molecule is C=CC1=C(/C=C\C)C(/C=C\C)=C(C=C)C1(/C(C=C)=C/C=C(C)C)C(/C=C\C(=C)C)=C/C. The molecule has 0 spiro atoms. The van der Waals surface area contributed by atoms with Gasteiger partial charge < -0.3 is 0 Å². The lowest BCUT2D eigenvalue weighted by Gasteiger charge is -2.37. The summed E-state index contributed by atoms with van der Waals surface area (Å²) in [4.78, 5) is 0. The maximum absolute atomic E-state index is 4.24. The molecule has 31 heavy (non-hydrogen) atoms. The highest BCUT2D eigenvalue weighted by Crippen LogP contribution is 2.58. The number of hydrogen-bond acceptors (Lipinski definition) is 0. The second-order valence-electron chi connectivity index (χ2n) is 7.81. The molecule has 1 aliphatic rings. The Morgan fingerprint density at radius 3 is 1.58 bits per heavy atom. The molecule has 0 nitrogen and oxygen atoms in total. The highest BCUT2D eigenvalue weighted by molar-refractivity contribution is 5.76. The fourth-order valence-corrected chi connectivity index (χ4v) is 4.12. The fraction of sp³-hybridized carbons (Fsp3) is 0.226. The zero-order valence-electron chi connectivity index (χ0n) is 20.3. The molecule has 0 N–H and O–H groups in total. The van der Waals surface area contributed by atoms with Gasteiger partial charge in [-0.25, -0.2) is 0 Å². The quantitative estimate of drug-likeness (QED) is 0.315. The Hall–Kier alpha value is -3.12. The maximum atomic E-state index is 4.24. The molecule has 0 aliphatic heterocycles. The van der Waals surface area contributed by atoms with E-state index in [2.05, 4.69) is 102 Å². The standard InChI is InChI=1S/C31H38/c1-11-17-27-28(18-12-2)30(16-6)31(29(27)15-5,25(13-3)21-19-23(7)8)26(14-4)22-20-24(9)10/h11-22H,3,5-6,9H2,1-2,4,7-8,10H3/b17-11-,18-12-,22-20-,25-21+,26-14+. The van der Waals surface area contributed by atoms with Gasteiger partial charge in [-0.3, -0.25) is 0 Å². The normalized spacial score (nSPS) is 17.2. The number of allylic oxidation sites excluding steroid dienone is 20. The van der Waals surface area contributed by atoms with Crippen molar-refractivity contribution >= 4 is 0 Å². The highest BCUT2D eigenvalue weighted by atomic mass is 14.5. The van der Waals surface area contributed by atoms with E-state index in [9.17, 15) is 0 Å². The lowest BCUT2D eigenvalue weighted by atomic mass is 9.64. The van der Waals surface area contributed by atoms with Crippen molar-refractivity contribution in [2.45, 2.75) is 41.5 Å². The summed E-state index contributed by atoms with van der Waals surface area (Å²) in [5.41, 5.74) is 8.43. The Morgan fingerprint density at radius 2 is 1.26 bits per heavy atom. The third kappa shape index (κ3) is 5.14. The second-order valence-corrected chi connectivity index (χ2v) is 7.81. The van der Waals surface area contributed by atoms with Gasteiger partial charge in [-0.1, -0.05) is 110 Å². The highest BCUT2D eigenvalue weighted by Gasteiger charge is 2.47. The molecule has 0 fully saturated rings. The van der Waals surface area contributed by atoms with Gasteiger partial charge in [0.15, 0.2) is 0 Å². The van der Waals surface area contributed by atoms with Crippen molar-refractivity contribution in [1.29, 1.82) is 0 Å². The van der Waals surface area contributed by atoms with Crippen LogP contribution in [0.1, 0.15) is 41.5 Å². The summed E-state index contributed by atoms with van der Waals surface area (Å²) in [6, 6.07) is 0. The number of hydrogen-bond donors (Lipinski definition) is 0. The average Bonchev–Trinajstić information content (AvgIpc) is 2.98. The van der Waals surface area contributed by atoms with E-state index in [1.54, 1.807) is 0 Å². The van der Waals surface area contributed by atoms with E-state index in [0.717, 1.165) is 39.0 Å². The van der Waals surface area contributed by atoms with E-state index in [1.165, 1.54) is 5.57 Å². The average molecular weight is 411 g/mol. The molecule has 0 aromatic rings. The lowest BCUT2D eigenvalue weighted by molar-refractivity contribution is 0.679. The van der Waals surface area contributed by atoms with Crippen LogP contribution in [0.5, 0.6) is 0 Å². The smallest absolute Gasteiger partial charge is 0.0709 e. The fourth-order valence-electron chi connectivity index (χ4n) is 4.12. The van der Waals surface area contributed by atoms with Gasteiger partial charge in [0.05, 0.1) is 5.41 Å². The van der Waals surface area contributed by atoms with E-state index < -0.39 is 5.41 Å². The molecule has 0 heterocycles. The molecule has 0 atom stereocenters. The summed E-state index contributed by atoms with van der Waals surface area (Å²) < 4.78 is 0. The van der Waals surface area contributed by atoms with Crippen LogP contribution in [0.15, 0.2) is 144 Å². The zero-order chi connectivity index (χ0) is 23.6. The van der Waals surface area contributed by atoms with Crippen LogP contribution < -0.4 is 0 Å². The van der Waals surface area contributed by atoms with Crippen LogP contribution in [-0.2, 0) is 0 Å². The Labute approximate surface area is 190 Å². The molecule has 0 aromatic carbocycles. The van der Waals surface area contributed by atoms with Crippen LogP contribution in [0.2, 0.25) is 0 Å². The van der Waals surface area contributed by atoms with Crippen molar-refractivity contribution < 1.29 is 0 Å². The van der Waals surface area contributed by atoms with Gasteiger partial charge in [0.2, 0.25) is 0 Å². The van der Waals surface area contributed by atoms with Gasteiger partial charge >= 0.3 is 0 Å². The van der Waals surface area contributed by atoms with Crippen LogP contribution in [0, 0.1) is 5.41 Å². The van der Waals surface area contributed by atoms with Gasteiger partial charge in [-0.2, -0.15) is 0 Å². The first-order valence-corrected chi connectivity index (χ1v) is 10.8. The van der Waals surface area contributed by atoms with Gasteiger partial charge in [-0.05, 0) is 75.0 Å². The molecular weight excluding hydrogens is 372 g/mol. The minimum absolute atomic E-state index is 0.568. The van der Waals surface area contributed by atoms with E-state index in [-0.39, 0.29) is 0 Å². The molecule has 0 heteroatoms. The van der Waals surface area contributed by atoms with Crippen molar-refractivity contribution in [3.05, 3.63) is 144 Å². The summed E-state index contributed by atoms with van der Waals surface area (Å²) in [7, 11) is 0. The van der Waals surface area contributed by atoms with Crippen molar-refractivity contribution in [3.63, 3.8) is 0 Å². The molecule has 1 aliphatic carbocycles. The number of rotatable bonds is 10. The van der Waals surface area contributed by atoms with Gasteiger partial charge in [0, 0.05) is 0 Å². The Kier molecular flexibility index (Phi) is 9.96. The van der Waals surface area contributed by atoms with E-state index in [0.29, 0.717) is 0 Å². The molecule has 0 bridgehead atoms. The Balaban J connectivity index is 4.39. The first-order valence-electron chi connectivity index (χ1n) is 10.8. The third-order valence-electron chi connectivity index (χ3n) is 5.29. The minimum atomic E-state index is -0.568. The molecule has 0 aromatic heterocycles. The summed E-state index contributed by atoms with van der Waals surface area (Å²) in [5.74, 6) is 0. The molecule has 0 radical (unpaired) electrons. The molecule has 0 amide bonds. The maximum Gasteiger partial charge on any atom is 0.0709 e. The van der Waals surface area contributed by atoms with E-state index in [1.807, 2.05) is 39.0 Å².